The Labute approximate surface area is 167 Å². The molecule has 3 N–H and O–H groups in total. The van der Waals surface area contributed by atoms with Crippen LogP contribution in [0.2, 0.25) is 0 Å². The average molecular weight is 466 g/mol. The maximum absolute atomic E-state index is 11.6. The summed E-state index contributed by atoms with van der Waals surface area (Å²) >= 11 is 0. The molecule has 0 aromatic carbocycles. The Bertz CT molecular complexity index is 498. The van der Waals surface area contributed by atoms with Gasteiger partial charge in [0.15, 0.2) is 5.96 Å². The third kappa shape index (κ3) is 12.5. The summed E-state index contributed by atoms with van der Waals surface area (Å²) in [4.78, 5) is 16.0. The normalized spacial score (nSPS) is 11.4. The minimum absolute atomic E-state index is 0. The van der Waals surface area contributed by atoms with Crippen molar-refractivity contribution in [1.82, 2.24) is 16.0 Å². The second-order valence-corrected chi connectivity index (χ2v) is 6.34. The van der Waals surface area contributed by atoms with E-state index in [1.807, 2.05) is 32.9 Å². The van der Waals surface area contributed by atoms with Gasteiger partial charge in [-0.3, -0.25) is 4.99 Å². The van der Waals surface area contributed by atoms with Gasteiger partial charge >= 0.3 is 6.09 Å². The van der Waals surface area contributed by atoms with E-state index in [0.29, 0.717) is 13.1 Å². The first-order valence-corrected chi connectivity index (χ1v) is 8.42. The van der Waals surface area contributed by atoms with Gasteiger partial charge in [-0.05, 0) is 39.3 Å². The zero-order chi connectivity index (χ0) is 17.8. The number of guanidine groups is 1. The van der Waals surface area contributed by atoms with Crippen LogP contribution in [-0.4, -0.2) is 43.8 Å². The number of hydrogen-bond donors (Lipinski definition) is 3. The lowest BCUT2D eigenvalue weighted by Crippen LogP contribution is -2.43. The van der Waals surface area contributed by atoms with E-state index in [1.165, 1.54) is 0 Å². The van der Waals surface area contributed by atoms with Crippen LogP contribution in [0.5, 0.6) is 0 Å². The van der Waals surface area contributed by atoms with Gasteiger partial charge in [0.25, 0.3) is 0 Å². The molecule has 25 heavy (non-hydrogen) atoms. The van der Waals surface area contributed by atoms with Crippen molar-refractivity contribution in [1.29, 1.82) is 0 Å². The molecule has 8 heteroatoms. The van der Waals surface area contributed by atoms with Crippen LogP contribution < -0.4 is 16.0 Å². The number of carbonyl (C=O) groups excluding carboxylic acids is 1. The van der Waals surface area contributed by atoms with Crippen molar-refractivity contribution < 1.29 is 13.9 Å². The number of alkyl carbamates (subject to hydrolysis) is 1. The Morgan fingerprint density at radius 1 is 1.20 bits per heavy atom. The van der Waals surface area contributed by atoms with E-state index in [2.05, 4.69) is 27.9 Å². The molecule has 0 aliphatic carbocycles. The van der Waals surface area contributed by atoms with Crippen LogP contribution >= 0.6 is 24.0 Å². The fourth-order valence-corrected chi connectivity index (χ4v) is 1.82. The topological polar surface area (TPSA) is 87.9 Å². The zero-order valence-corrected chi connectivity index (χ0v) is 17.9. The number of carbonyl (C=O) groups is 1. The summed E-state index contributed by atoms with van der Waals surface area (Å²) in [5.41, 5.74) is -0.487. The van der Waals surface area contributed by atoms with Crippen LogP contribution in [0.3, 0.4) is 0 Å². The molecule has 1 aromatic rings. The summed E-state index contributed by atoms with van der Waals surface area (Å²) in [6.45, 7) is 10.1. The number of amides is 1. The molecule has 0 fully saturated rings. The van der Waals surface area contributed by atoms with E-state index in [9.17, 15) is 4.79 Å². The highest BCUT2D eigenvalue weighted by Crippen LogP contribution is 2.05. The monoisotopic (exact) mass is 466 g/mol. The predicted octanol–water partition coefficient (Wildman–Crippen LogP) is 2.91. The summed E-state index contributed by atoms with van der Waals surface area (Å²) in [7, 11) is 0. The SMILES string of the molecule is CCCN=C(NCCNC(=O)OC(C)(C)C)NCCc1ccco1.I. The van der Waals surface area contributed by atoms with Gasteiger partial charge in [-0.1, -0.05) is 6.92 Å². The molecule has 0 radical (unpaired) electrons. The lowest BCUT2D eigenvalue weighted by atomic mass is 10.2. The van der Waals surface area contributed by atoms with E-state index in [4.69, 9.17) is 9.15 Å². The van der Waals surface area contributed by atoms with Crippen LogP contribution in [0, 0.1) is 0 Å². The quantitative estimate of drug-likeness (QED) is 0.237. The Kier molecular flexibility index (Phi) is 12.1. The molecule has 1 rings (SSSR count). The molecular formula is C17H31IN4O3. The second kappa shape index (κ2) is 12.8. The lowest BCUT2D eigenvalue weighted by molar-refractivity contribution is 0.0529. The average Bonchev–Trinajstić information content (AvgIpc) is 2.99. The first-order valence-electron chi connectivity index (χ1n) is 8.42. The summed E-state index contributed by atoms with van der Waals surface area (Å²) < 4.78 is 10.5. The maximum Gasteiger partial charge on any atom is 0.407 e. The fraction of sp³-hybridized carbons (Fsp3) is 0.647. The minimum atomic E-state index is -0.487. The van der Waals surface area contributed by atoms with Gasteiger partial charge in [0.1, 0.15) is 11.4 Å². The summed E-state index contributed by atoms with van der Waals surface area (Å²) in [6, 6.07) is 3.82. The van der Waals surface area contributed by atoms with Crippen LogP contribution in [0.25, 0.3) is 0 Å². The molecule has 0 saturated carbocycles. The van der Waals surface area contributed by atoms with Crippen LogP contribution in [0.15, 0.2) is 27.8 Å². The van der Waals surface area contributed by atoms with Crippen molar-refractivity contribution in [2.24, 2.45) is 4.99 Å². The summed E-state index contributed by atoms with van der Waals surface area (Å²) in [5.74, 6) is 1.67. The molecule has 1 amide bonds. The van der Waals surface area contributed by atoms with Gasteiger partial charge in [-0.15, -0.1) is 24.0 Å². The summed E-state index contributed by atoms with van der Waals surface area (Å²) in [6.07, 6.45) is 3.02. The first kappa shape index (κ1) is 23.5. The Balaban J connectivity index is 0.00000576. The van der Waals surface area contributed by atoms with Gasteiger partial charge < -0.3 is 25.1 Å². The molecule has 144 valence electrons. The number of nitrogens with one attached hydrogen (secondary N) is 3. The number of hydrogen-bond acceptors (Lipinski definition) is 4. The number of aliphatic imine (C=N–C) groups is 1. The van der Waals surface area contributed by atoms with Crippen molar-refractivity contribution >= 4 is 36.0 Å². The smallest absolute Gasteiger partial charge is 0.407 e. The highest BCUT2D eigenvalue weighted by molar-refractivity contribution is 14.0. The molecular weight excluding hydrogens is 435 g/mol. The number of rotatable bonds is 8. The number of nitrogens with zero attached hydrogens (tertiary/aromatic N) is 1. The third-order valence-corrected chi connectivity index (χ3v) is 2.82. The number of ether oxygens (including phenoxy) is 1. The molecule has 0 unspecified atom stereocenters. The second-order valence-electron chi connectivity index (χ2n) is 6.34. The van der Waals surface area contributed by atoms with Gasteiger partial charge in [0.05, 0.1) is 6.26 Å². The van der Waals surface area contributed by atoms with E-state index in [0.717, 1.165) is 37.7 Å². The van der Waals surface area contributed by atoms with Gasteiger partial charge in [0, 0.05) is 32.6 Å². The number of halogens is 1. The van der Waals surface area contributed by atoms with Crippen molar-refractivity contribution in [3.63, 3.8) is 0 Å². The molecule has 0 aliphatic rings. The zero-order valence-electron chi connectivity index (χ0n) is 15.6. The fourth-order valence-electron chi connectivity index (χ4n) is 1.82. The molecule has 0 spiro atoms. The molecule has 1 aromatic heterocycles. The molecule has 0 bridgehead atoms. The Morgan fingerprint density at radius 3 is 2.48 bits per heavy atom. The van der Waals surface area contributed by atoms with Crippen LogP contribution in [-0.2, 0) is 11.2 Å². The van der Waals surface area contributed by atoms with Gasteiger partial charge in [-0.2, -0.15) is 0 Å². The number of furan rings is 1. The molecule has 0 saturated heterocycles. The van der Waals surface area contributed by atoms with E-state index >= 15 is 0 Å². The minimum Gasteiger partial charge on any atom is -0.469 e. The van der Waals surface area contributed by atoms with Gasteiger partial charge in [-0.25, -0.2) is 4.79 Å². The van der Waals surface area contributed by atoms with E-state index in [-0.39, 0.29) is 24.0 Å². The first-order chi connectivity index (χ1) is 11.4. The molecule has 0 aliphatic heterocycles. The van der Waals surface area contributed by atoms with Crippen molar-refractivity contribution in [3.05, 3.63) is 24.2 Å². The van der Waals surface area contributed by atoms with Crippen molar-refractivity contribution in [3.8, 4) is 0 Å². The molecule has 1 heterocycles. The van der Waals surface area contributed by atoms with Crippen molar-refractivity contribution in [2.75, 3.05) is 26.2 Å². The molecule has 0 atom stereocenters. The lowest BCUT2D eigenvalue weighted by Gasteiger charge is -2.20. The van der Waals surface area contributed by atoms with Gasteiger partial charge in [0.2, 0.25) is 0 Å². The van der Waals surface area contributed by atoms with E-state index in [1.54, 1.807) is 6.26 Å². The van der Waals surface area contributed by atoms with Crippen LogP contribution in [0.4, 0.5) is 4.79 Å². The Hall–Kier alpha value is -1.45. The van der Waals surface area contributed by atoms with Crippen molar-refractivity contribution in [2.45, 2.75) is 46.1 Å². The standard InChI is InChI=1S/C17H30N4O3.HI/c1-5-9-18-15(19-10-8-14-7-6-13-23-14)20-11-12-21-16(22)24-17(2,3)4;/h6-7,13H,5,8-12H2,1-4H3,(H,21,22)(H2,18,19,20);1H. The highest BCUT2D eigenvalue weighted by Gasteiger charge is 2.15. The highest BCUT2D eigenvalue weighted by atomic mass is 127. The maximum atomic E-state index is 11.6. The van der Waals surface area contributed by atoms with Crippen LogP contribution in [0.1, 0.15) is 39.9 Å². The third-order valence-electron chi connectivity index (χ3n) is 2.82. The summed E-state index contributed by atoms with van der Waals surface area (Å²) in [5, 5.41) is 9.15. The molecule has 7 nitrogen and oxygen atoms in total. The predicted molar refractivity (Wildman–Crippen MR) is 111 cm³/mol. The largest absolute Gasteiger partial charge is 0.469 e. The Morgan fingerprint density at radius 2 is 1.88 bits per heavy atom. The van der Waals surface area contributed by atoms with E-state index < -0.39 is 11.7 Å².